The zero-order chi connectivity index (χ0) is 13.1. The lowest BCUT2D eigenvalue weighted by molar-refractivity contribution is -0.118. The lowest BCUT2D eigenvalue weighted by Crippen LogP contribution is -2.28. The SMILES string of the molecule is NC(N)=NC(=O)Cn1cnc2ccccc2c1=O. The molecule has 2 rings (SSSR count). The van der Waals surface area contributed by atoms with Gasteiger partial charge >= 0.3 is 0 Å². The Morgan fingerprint density at radius 1 is 1.33 bits per heavy atom. The summed E-state index contributed by atoms with van der Waals surface area (Å²) in [5, 5.41) is 0.442. The Morgan fingerprint density at radius 3 is 2.78 bits per heavy atom. The molecule has 1 aromatic heterocycles. The van der Waals surface area contributed by atoms with E-state index in [1.807, 2.05) is 0 Å². The van der Waals surface area contributed by atoms with Crippen molar-refractivity contribution in [2.24, 2.45) is 16.5 Å². The van der Waals surface area contributed by atoms with E-state index in [0.717, 1.165) is 4.57 Å². The Balaban J connectivity index is 2.41. The highest BCUT2D eigenvalue weighted by atomic mass is 16.2. The van der Waals surface area contributed by atoms with Gasteiger partial charge in [-0.2, -0.15) is 4.99 Å². The van der Waals surface area contributed by atoms with Gasteiger partial charge in [0.1, 0.15) is 6.54 Å². The Labute approximate surface area is 102 Å². The number of aliphatic imine (C=N–C) groups is 1. The fourth-order valence-corrected chi connectivity index (χ4v) is 1.54. The molecule has 0 aliphatic carbocycles. The maximum Gasteiger partial charge on any atom is 0.268 e. The zero-order valence-electron chi connectivity index (χ0n) is 9.41. The minimum absolute atomic E-state index is 0.242. The van der Waals surface area contributed by atoms with Gasteiger partial charge in [0.2, 0.25) is 0 Å². The number of carbonyl (C=O) groups is 1. The number of guanidine groups is 1. The molecule has 0 aliphatic heterocycles. The van der Waals surface area contributed by atoms with E-state index in [0.29, 0.717) is 10.9 Å². The molecule has 0 saturated carbocycles. The monoisotopic (exact) mass is 245 g/mol. The number of para-hydroxylation sites is 1. The molecule has 1 amide bonds. The first-order valence-electron chi connectivity index (χ1n) is 5.14. The largest absolute Gasteiger partial charge is 0.370 e. The molecule has 0 aliphatic rings. The minimum Gasteiger partial charge on any atom is -0.370 e. The third-order valence-electron chi connectivity index (χ3n) is 2.29. The second-order valence-electron chi connectivity index (χ2n) is 3.63. The molecule has 0 spiro atoms. The normalized spacial score (nSPS) is 10.2. The van der Waals surface area contributed by atoms with Gasteiger partial charge in [0.25, 0.3) is 11.5 Å². The second-order valence-corrected chi connectivity index (χ2v) is 3.63. The summed E-state index contributed by atoms with van der Waals surface area (Å²) in [4.78, 5) is 30.8. The van der Waals surface area contributed by atoms with Crippen LogP contribution in [0, 0.1) is 0 Å². The molecule has 2 aromatic rings. The van der Waals surface area contributed by atoms with E-state index < -0.39 is 5.91 Å². The molecule has 0 unspecified atom stereocenters. The number of benzene rings is 1. The van der Waals surface area contributed by atoms with Crippen LogP contribution in [0.2, 0.25) is 0 Å². The highest BCUT2D eigenvalue weighted by Gasteiger charge is 2.07. The molecule has 0 fully saturated rings. The lowest BCUT2D eigenvalue weighted by Gasteiger charge is -2.03. The van der Waals surface area contributed by atoms with E-state index in [2.05, 4.69) is 9.98 Å². The molecule has 7 nitrogen and oxygen atoms in total. The molecule has 0 saturated heterocycles. The summed E-state index contributed by atoms with van der Waals surface area (Å²) >= 11 is 0. The highest BCUT2D eigenvalue weighted by Crippen LogP contribution is 2.04. The van der Waals surface area contributed by atoms with Crippen LogP contribution in [-0.4, -0.2) is 21.4 Å². The Kier molecular flexibility index (Phi) is 3.05. The maximum atomic E-state index is 12.0. The topological polar surface area (TPSA) is 116 Å². The minimum atomic E-state index is -0.603. The number of carbonyl (C=O) groups excluding carboxylic acids is 1. The smallest absolute Gasteiger partial charge is 0.268 e. The van der Waals surface area contributed by atoms with Crippen molar-refractivity contribution in [2.75, 3.05) is 0 Å². The van der Waals surface area contributed by atoms with Crippen LogP contribution in [0.3, 0.4) is 0 Å². The molecule has 92 valence electrons. The van der Waals surface area contributed by atoms with Crippen LogP contribution in [0.4, 0.5) is 0 Å². The number of amides is 1. The van der Waals surface area contributed by atoms with Crippen molar-refractivity contribution in [1.29, 1.82) is 0 Å². The fourth-order valence-electron chi connectivity index (χ4n) is 1.54. The van der Waals surface area contributed by atoms with E-state index in [-0.39, 0.29) is 18.1 Å². The Hall–Kier alpha value is -2.70. The van der Waals surface area contributed by atoms with E-state index in [4.69, 9.17) is 11.5 Å². The molecule has 7 heteroatoms. The van der Waals surface area contributed by atoms with Gasteiger partial charge in [-0.1, -0.05) is 12.1 Å². The van der Waals surface area contributed by atoms with Crippen LogP contribution in [0.15, 0.2) is 40.4 Å². The van der Waals surface area contributed by atoms with Gasteiger partial charge in [-0.3, -0.25) is 14.2 Å². The lowest BCUT2D eigenvalue weighted by atomic mass is 10.2. The van der Waals surface area contributed by atoms with Gasteiger partial charge in [0, 0.05) is 0 Å². The quantitative estimate of drug-likeness (QED) is 0.530. The molecular formula is C11H11N5O2. The summed E-state index contributed by atoms with van der Waals surface area (Å²) in [6, 6.07) is 6.88. The number of rotatable bonds is 2. The van der Waals surface area contributed by atoms with E-state index in [1.165, 1.54) is 6.33 Å². The van der Waals surface area contributed by atoms with Crippen LogP contribution < -0.4 is 17.0 Å². The number of nitrogens with two attached hydrogens (primary N) is 2. The van der Waals surface area contributed by atoms with Crippen LogP contribution in [-0.2, 0) is 11.3 Å². The number of nitrogens with zero attached hydrogens (tertiary/aromatic N) is 3. The molecule has 1 heterocycles. The zero-order valence-corrected chi connectivity index (χ0v) is 9.41. The van der Waals surface area contributed by atoms with Crippen LogP contribution in [0.25, 0.3) is 10.9 Å². The first kappa shape index (κ1) is 11.8. The third-order valence-corrected chi connectivity index (χ3v) is 2.29. The summed E-state index contributed by atoms with van der Waals surface area (Å²) in [5.74, 6) is -0.934. The maximum absolute atomic E-state index is 12.0. The van der Waals surface area contributed by atoms with Crippen molar-refractivity contribution >= 4 is 22.8 Å². The summed E-state index contributed by atoms with van der Waals surface area (Å²) in [6.07, 6.45) is 1.30. The summed E-state index contributed by atoms with van der Waals surface area (Å²) in [6.45, 7) is -0.242. The molecule has 18 heavy (non-hydrogen) atoms. The molecule has 0 atom stereocenters. The Morgan fingerprint density at radius 2 is 2.06 bits per heavy atom. The van der Waals surface area contributed by atoms with E-state index in [1.54, 1.807) is 24.3 Å². The van der Waals surface area contributed by atoms with Gasteiger partial charge in [-0.05, 0) is 12.1 Å². The van der Waals surface area contributed by atoms with Gasteiger partial charge < -0.3 is 11.5 Å². The van der Waals surface area contributed by atoms with Gasteiger partial charge in [-0.15, -0.1) is 0 Å². The summed E-state index contributed by atoms with van der Waals surface area (Å²) in [5.41, 5.74) is 10.4. The van der Waals surface area contributed by atoms with E-state index >= 15 is 0 Å². The van der Waals surface area contributed by atoms with Crippen molar-refractivity contribution in [1.82, 2.24) is 9.55 Å². The third kappa shape index (κ3) is 2.34. The summed E-state index contributed by atoms with van der Waals surface area (Å²) < 4.78 is 1.16. The second kappa shape index (κ2) is 4.66. The van der Waals surface area contributed by atoms with Crippen LogP contribution in [0.5, 0.6) is 0 Å². The van der Waals surface area contributed by atoms with Crippen LogP contribution in [0.1, 0.15) is 0 Å². The molecule has 1 aromatic carbocycles. The number of fused-ring (bicyclic) bond motifs is 1. The first-order chi connectivity index (χ1) is 8.58. The van der Waals surface area contributed by atoms with Crippen LogP contribution >= 0.6 is 0 Å². The first-order valence-corrected chi connectivity index (χ1v) is 5.14. The number of aromatic nitrogens is 2. The fraction of sp³-hybridized carbons (Fsp3) is 0.0909. The molecule has 4 N–H and O–H groups in total. The van der Waals surface area contributed by atoms with Crippen molar-refractivity contribution in [3.05, 3.63) is 40.9 Å². The number of hydrogen-bond donors (Lipinski definition) is 2. The van der Waals surface area contributed by atoms with Crippen molar-refractivity contribution < 1.29 is 4.79 Å². The van der Waals surface area contributed by atoms with E-state index in [9.17, 15) is 9.59 Å². The molecule has 0 bridgehead atoms. The predicted molar refractivity (Wildman–Crippen MR) is 66.8 cm³/mol. The average Bonchev–Trinajstić information content (AvgIpc) is 2.32. The van der Waals surface area contributed by atoms with Gasteiger partial charge in [-0.25, -0.2) is 4.98 Å². The molecule has 0 radical (unpaired) electrons. The standard InChI is InChI=1S/C11H11N5O2/c12-11(13)15-9(17)5-16-6-14-8-4-2-1-3-7(8)10(16)18/h1-4,6H,5H2,(H4,12,13,15,17). The van der Waals surface area contributed by atoms with Gasteiger partial charge in [0.15, 0.2) is 5.96 Å². The van der Waals surface area contributed by atoms with Gasteiger partial charge in [0.05, 0.1) is 17.2 Å². The average molecular weight is 245 g/mol. The summed E-state index contributed by atoms with van der Waals surface area (Å²) in [7, 11) is 0. The Bertz CT molecular complexity index is 685. The number of hydrogen-bond acceptors (Lipinski definition) is 3. The predicted octanol–water partition coefficient (Wildman–Crippen LogP) is -0.803. The van der Waals surface area contributed by atoms with Crippen molar-refractivity contribution in [3.8, 4) is 0 Å². The highest BCUT2D eigenvalue weighted by molar-refractivity contribution is 5.91. The molecular weight excluding hydrogens is 234 g/mol. The van der Waals surface area contributed by atoms with Crippen molar-refractivity contribution in [3.63, 3.8) is 0 Å². The van der Waals surface area contributed by atoms with Crippen molar-refractivity contribution in [2.45, 2.75) is 6.54 Å².